The maximum Gasteiger partial charge on any atom is 0.224 e. The molecule has 4 heteroatoms. The molecule has 0 aromatic rings. The van der Waals surface area contributed by atoms with E-state index in [4.69, 9.17) is 10.8 Å². The van der Waals surface area contributed by atoms with Crippen LogP contribution in [-0.2, 0) is 4.79 Å². The minimum atomic E-state index is -0.0962. The molecule has 2 atom stereocenters. The molecule has 0 bridgehead atoms. The maximum absolute atomic E-state index is 11.4. The molecule has 0 rings (SSSR count). The Hall–Kier alpha value is -0.610. The zero-order chi connectivity index (χ0) is 10.3. The first kappa shape index (κ1) is 12.4. The number of nitrogens with two attached hydrogens (primary N) is 1. The van der Waals surface area contributed by atoms with Crippen LogP contribution in [-0.4, -0.2) is 30.2 Å². The fourth-order valence-electron chi connectivity index (χ4n) is 1.09. The maximum atomic E-state index is 11.4. The smallest absolute Gasteiger partial charge is 0.224 e. The van der Waals surface area contributed by atoms with Crippen LogP contribution >= 0.6 is 0 Å². The number of nitrogens with one attached hydrogen (secondary N) is 1. The number of carbonyl (C=O) groups is 1. The van der Waals surface area contributed by atoms with Gasteiger partial charge in [-0.2, -0.15) is 0 Å². The molecule has 0 aliphatic carbocycles. The van der Waals surface area contributed by atoms with Crippen LogP contribution in [0.1, 0.15) is 26.7 Å². The summed E-state index contributed by atoms with van der Waals surface area (Å²) in [6, 6.07) is 0.0260. The van der Waals surface area contributed by atoms with Gasteiger partial charge < -0.3 is 16.2 Å². The van der Waals surface area contributed by atoms with Crippen LogP contribution < -0.4 is 11.1 Å². The van der Waals surface area contributed by atoms with Crippen LogP contribution in [0.5, 0.6) is 0 Å². The van der Waals surface area contributed by atoms with Crippen molar-refractivity contribution in [2.75, 3.05) is 13.2 Å². The molecule has 0 aromatic heterocycles. The molecule has 4 N–H and O–H groups in total. The van der Waals surface area contributed by atoms with Crippen LogP contribution in [0.25, 0.3) is 0 Å². The standard InChI is InChI=1S/C9H20N2O2/c1-3-8(6-10)9(13)11-7(2)4-5-12/h7-8,12H,3-6,10H2,1-2H3,(H,11,13). The Morgan fingerprint density at radius 2 is 2.23 bits per heavy atom. The molecule has 4 nitrogen and oxygen atoms in total. The molecule has 0 aliphatic heterocycles. The number of hydrogen-bond donors (Lipinski definition) is 3. The molecular formula is C9H20N2O2. The lowest BCUT2D eigenvalue weighted by Gasteiger charge is -2.17. The normalized spacial score (nSPS) is 15.1. The van der Waals surface area contributed by atoms with Crippen LogP contribution in [0.15, 0.2) is 0 Å². The van der Waals surface area contributed by atoms with Gasteiger partial charge in [0.05, 0.1) is 0 Å². The number of hydrogen-bond acceptors (Lipinski definition) is 3. The molecule has 0 fully saturated rings. The average molecular weight is 188 g/mol. The third-order valence-corrected chi connectivity index (χ3v) is 2.10. The van der Waals surface area contributed by atoms with Gasteiger partial charge in [0, 0.05) is 25.1 Å². The molecule has 1 amide bonds. The number of rotatable bonds is 6. The van der Waals surface area contributed by atoms with Gasteiger partial charge in [-0.3, -0.25) is 4.79 Å². The largest absolute Gasteiger partial charge is 0.396 e. The van der Waals surface area contributed by atoms with Crippen molar-refractivity contribution >= 4 is 5.91 Å². The molecule has 0 heterocycles. The molecule has 0 radical (unpaired) electrons. The van der Waals surface area contributed by atoms with E-state index in [-0.39, 0.29) is 24.5 Å². The topological polar surface area (TPSA) is 75.4 Å². The predicted molar refractivity (Wildman–Crippen MR) is 52.1 cm³/mol. The molecule has 13 heavy (non-hydrogen) atoms. The Bertz CT molecular complexity index is 147. The Labute approximate surface area is 79.5 Å². The Morgan fingerprint density at radius 3 is 2.62 bits per heavy atom. The van der Waals surface area contributed by atoms with E-state index in [1.807, 2.05) is 13.8 Å². The lowest BCUT2D eigenvalue weighted by Crippen LogP contribution is -2.40. The van der Waals surface area contributed by atoms with Gasteiger partial charge in [0.25, 0.3) is 0 Å². The summed E-state index contributed by atoms with van der Waals surface area (Å²) in [6.45, 7) is 4.29. The van der Waals surface area contributed by atoms with E-state index >= 15 is 0 Å². The first-order valence-electron chi connectivity index (χ1n) is 4.77. The number of aliphatic hydroxyl groups is 1. The van der Waals surface area contributed by atoms with E-state index in [0.29, 0.717) is 13.0 Å². The lowest BCUT2D eigenvalue weighted by atomic mass is 10.1. The second-order valence-electron chi connectivity index (χ2n) is 3.26. The third-order valence-electron chi connectivity index (χ3n) is 2.10. The molecule has 2 unspecified atom stereocenters. The van der Waals surface area contributed by atoms with Crippen molar-refractivity contribution in [1.29, 1.82) is 0 Å². The summed E-state index contributed by atoms with van der Waals surface area (Å²) in [5.74, 6) is -0.105. The fraction of sp³-hybridized carbons (Fsp3) is 0.889. The molecule has 0 saturated heterocycles. The fourth-order valence-corrected chi connectivity index (χ4v) is 1.09. The summed E-state index contributed by atoms with van der Waals surface area (Å²) < 4.78 is 0. The van der Waals surface area contributed by atoms with Crippen molar-refractivity contribution in [3.8, 4) is 0 Å². The lowest BCUT2D eigenvalue weighted by molar-refractivity contribution is -0.125. The van der Waals surface area contributed by atoms with Crippen molar-refractivity contribution in [3.63, 3.8) is 0 Å². The summed E-state index contributed by atoms with van der Waals surface area (Å²) in [6.07, 6.45) is 1.35. The summed E-state index contributed by atoms with van der Waals surface area (Å²) >= 11 is 0. The third kappa shape index (κ3) is 4.85. The van der Waals surface area contributed by atoms with E-state index in [1.165, 1.54) is 0 Å². The Kier molecular flexibility index (Phi) is 6.54. The number of amides is 1. The number of aliphatic hydroxyl groups excluding tert-OH is 1. The quantitative estimate of drug-likeness (QED) is 0.543. The Morgan fingerprint density at radius 1 is 1.62 bits per heavy atom. The van der Waals surface area contributed by atoms with E-state index in [2.05, 4.69) is 5.32 Å². The Balaban J connectivity index is 3.83. The molecule has 0 saturated carbocycles. The zero-order valence-electron chi connectivity index (χ0n) is 8.42. The van der Waals surface area contributed by atoms with Gasteiger partial charge in [-0.15, -0.1) is 0 Å². The van der Waals surface area contributed by atoms with E-state index < -0.39 is 0 Å². The van der Waals surface area contributed by atoms with Crippen LogP contribution in [0.2, 0.25) is 0 Å². The first-order chi connectivity index (χ1) is 6.15. The summed E-state index contributed by atoms with van der Waals surface area (Å²) in [5, 5.41) is 11.4. The molecule has 0 spiro atoms. The van der Waals surface area contributed by atoms with Crippen molar-refractivity contribution < 1.29 is 9.90 Å². The molecule has 78 valence electrons. The van der Waals surface area contributed by atoms with Gasteiger partial charge in [-0.05, 0) is 19.8 Å². The predicted octanol–water partition coefficient (Wildman–Crippen LogP) is -0.142. The minimum absolute atomic E-state index is 0.00838. The SMILES string of the molecule is CCC(CN)C(=O)NC(C)CCO. The minimum Gasteiger partial charge on any atom is -0.396 e. The summed E-state index contributed by atoms with van der Waals surface area (Å²) in [7, 11) is 0. The molecule has 0 aliphatic rings. The monoisotopic (exact) mass is 188 g/mol. The first-order valence-corrected chi connectivity index (χ1v) is 4.77. The van der Waals surface area contributed by atoms with Gasteiger partial charge in [0.15, 0.2) is 0 Å². The highest BCUT2D eigenvalue weighted by Crippen LogP contribution is 2.01. The highest BCUT2D eigenvalue weighted by Gasteiger charge is 2.15. The van der Waals surface area contributed by atoms with Crippen LogP contribution in [0.4, 0.5) is 0 Å². The summed E-state index contributed by atoms with van der Waals surface area (Å²) in [4.78, 5) is 11.4. The van der Waals surface area contributed by atoms with Gasteiger partial charge in [-0.25, -0.2) is 0 Å². The van der Waals surface area contributed by atoms with Gasteiger partial charge in [-0.1, -0.05) is 6.92 Å². The van der Waals surface area contributed by atoms with Crippen molar-refractivity contribution in [3.05, 3.63) is 0 Å². The highest BCUT2D eigenvalue weighted by molar-refractivity contribution is 5.79. The zero-order valence-corrected chi connectivity index (χ0v) is 8.42. The highest BCUT2D eigenvalue weighted by atomic mass is 16.3. The second kappa shape index (κ2) is 6.86. The van der Waals surface area contributed by atoms with E-state index in [1.54, 1.807) is 0 Å². The van der Waals surface area contributed by atoms with Crippen LogP contribution in [0.3, 0.4) is 0 Å². The number of carbonyl (C=O) groups excluding carboxylic acids is 1. The van der Waals surface area contributed by atoms with E-state index in [0.717, 1.165) is 6.42 Å². The molecule has 0 aromatic carbocycles. The molecular weight excluding hydrogens is 168 g/mol. The van der Waals surface area contributed by atoms with Crippen LogP contribution in [0, 0.1) is 5.92 Å². The second-order valence-corrected chi connectivity index (χ2v) is 3.26. The van der Waals surface area contributed by atoms with Crippen molar-refractivity contribution in [1.82, 2.24) is 5.32 Å². The van der Waals surface area contributed by atoms with Crippen molar-refractivity contribution in [2.24, 2.45) is 11.7 Å². The van der Waals surface area contributed by atoms with E-state index in [9.17, 15) is 4.79 Å². The van der Waals surface area contributed by atoms with Crippen molar-refractivity contribution in [2.45, 2.75) is 32.7 Å². The average Bonchev–Trinajstić information content (AvgIpc) is 2.06. The van der Waals surface area contributed by atoms with Gasteiger partial charge >= 0.3 is 0 Å². The summed E-state index contributed by atoms with van der Waals surface area (Å²) in [5.41, 5.74) is 5.42. The van der Waals surface area contributed by atoms with Gasteiger partial charge in [0.2, 0.25) is 5.91 Å². The van der Waals surface area contributed by atoms with Gasteiger partial charge in [0.1, 0.15) is 0 Å².